The highest BCUT2D eigenvalue weighted by molar-refractivity contribution is 5.90. The predicted molar refractivity (Wildman–Crippen MR) is 149 cm³/mol. The Labute approximate surface area is 210 Å². The van der Waals surface area contributed by atoms with Crippen molar-refractivity contribution in [3.63, 3.8) is 0 Å². The number of anilines is 1. The van der Waals surface area contributed by atoms with Crippen molar-refractivity contribution in [2.45, 2.75) is 79.3 Å². The summed E-state index contributed by atoms with van der Waals surface area (Å²) in [6, 6.07) is 23.4. The molecule has 0 aliphatic rings. The molecule has 2 heterocycles. The minimum absolute atomic E-state index is 0.125. The summed E-state index contributed by atoms with van der Waals surface area (Å²) in [6.07, 6.45) is 4.25. The number of aryl methyl sites for hydroxylation is 1. The molecule has 2 aromatic heterocycles. The van der Waals surface area contributed by atoms with Crippen LogP contribution in [0.15, 0.2) is 66.7 Å². The zero-order chi connectivity index (χ0) is 25.1. The second-order valence-electron chi connectivity index (χ2n) is 11.5. The molecule has 0 saturated carbocycles. The lowest BCUT2D eigenvalue weighted by molar-refractivity contribution is 0.302. The zero-order valence-electron chi connectivity index (χ0n) is 22.2. The molecule has 0 bridgehead atoms. The first-order valence-corrected chi connectivity index (χ1v) is 12.9. The van der Waals surface area contributed by atoms with Crippen molar-refractivity contribution >= 4 is 16.9 Å². The summed E-state index contributed by atoms with van der Waals surface area (Å²) in [5.41, 5.74) is 5.56. The second-order valence-corrected chi connectivity index (χ2v) is 11.5. The van der Waals surface area contributed by atoms with Crippen molar-refractivity contribution < 1.29 is 0 Å². The van der Waals surface area contributed by atoms with Crippen LogP contribution in [0.4, 0.5) is 5.82 Å². The van der Waals surface area contributed by atoms with Gasteiger partial charge in [-0.1, -0.05) is 94.8 Å². The summed E-state index contributed by atoms with van der Waals surface area (Å²) in [7, 11) is 0. The average molecular weight is 469 g/mol. The van der Waals surface area contributed by atoms with E-state index < -0.39 is 0 Å². The smallest absolute Gasteiger partial charge is 0.155 e. The molecule has 0 atom stereocenters. The molecule has 4 aromatic rings. The SMILES string of the molecule is CCCCc1nc2c(NC(C)(C)CC(C)(C)C)nc(-c3ccccc3)cc2n1Cc1ccccc1. The molecule has 4 heteroatoms. The number of rotatable bonds is 9. The van der Waals surface area contributed by atoms with Crippen LogP contribution in [0.1, 0.15) is 72.2 Å². The lowest BCUT2D eigenvalue weighted by Crippen LogP contribution is -2.35. The molecular weight excluding hydrogens is 428 g/mol. The van der Waals surface area contributed by atoms with Crippen LogP contribution in [0.2, 0.25) is 0 Å². The largest absolute Gasteiger partial charge is 0.363 e. The normalized spacial score (nSPS) is 12.3. The van der Waals surface area contributed by atoms with Gasteiger partial charge >= 0.3 is 0 Å². The van der Waals surface area contributed by atoms with Crippen molar-refractivity contribution in [1.82, 2.24) is 14.5 Å². The Hall–Kier alpha value is -3.14. The van der Waals surface area contributed by atoms with Gasteiger partial charge < -0.3 is 9.88 Å². The Bertz CT molecular complexity index is 1250. The molecule has 184 valence electrons. The Morgan fingerprint density at radius 3 is 2.14 bits per heavy atom. The first-order chi connectivity index (χ1) is 16.6. The quantitative estimate of drug-likeness (QED) is 0.270. The van der Waals surface area contributed by atoms with Crippen molar-refractivity contribution in [2.75, 3.05) is 5.32 Å². The summed E-state index contributed by atoms with van der Waals surface area (Å²) in [4.78, 5) is 10.3. The van der Waals surface area contributed by atoms with Crippen molar-refractivity contribution in [3.8, 4) is 11.3 Å². The summed E-state index contributed by atoms with van der Waals surface area (Å²) in [5, 5.41) is 3.80. The predicted octanol–water partition coefficient (Wildman–Crippen LogP) is 8.12. The van der Waals surface area contributed by atoms with Crippen LogP contribution in [-0.4, -0.2) is 20.1 Å². The molecule has 0 fully saturated rings. The Kier molecular flexibility index (Phi) is 7.30. The molecule has 4 rings (SSSR count). The molecule has 2 aromatic carbocycles. The van der Waals surface area contributed by atoms with E-state index in [0.29, 0.717) is 0 Å². The fourth-order valence-electron chi connectivity index (χ4n) is 5.17. The van der Waals surface area contributed by atoms with Gasteiger partial charge in [-0.05, 0) is 43.7 Å². The third-order valence-electron chi connectivity index (χ3n) is 6.25. The third kappa shape index (κ3) is 6.30. The molecule has 0 radical (unpaired) electrons. The van der Waals surface area contributed by atoms with Gasteiger partial charge in [0.1, 0.15) is 11.3 Å². The molecule has 0 saturated heterocycles. The first kappa shape index (κ1) is 25.0. The van der Waals surface area contributed by atoms with Gasteiger partial charge in [0, 0.05) is 24.1 Å². The van der Waals surface area contributed by atoms with Crippen molar-refractivity contribution in [3.05, 3.63) is 78.1 Å². The summed E-state index contributed by atoms with van der Waals surface area (Å²) < 4.78 is 2.40. The molecule has 0 aliphatic carbocycles. The summed E-state index contributed by atoms with van der Waals surface area (Å²) in [6.45, 7) is 14.4. The number of fused-ring (bicyclic) bond motifs is 1. The van der Waals surface area contributed by atoms with Crippen LogP contribution in [0.25, 0.3) is 22.3 Å². The van der Waals surface area contributed by atoms with E-state index in [4.69, 9.17) is 9.97 Å². The fourth-order valence-corrected chi connectivity index (χ4v) is 5.17. The van der Waals surface area contributed by atoms with Gasteiger partial charge in [0.15, 0.2) is 5.82 Å². The maximum Gasteiger partial charge on any atom is 0.155 e. The molecule has 1 N–H and O–H groups in total. The lowest BCUT2D eigenvalue weighted by Gasteiger charge is -2.34. The van der Waals surface area contributed by atoms with Crippen LogP contribution in [0, 0.1) is 5.41 Å². The number of hydrogen-bond acceptors (Lipinski definition) is 3. The van der Waals surface area contributed by atoms with E-state index in [9.17, 15) is 0 Å². The van der Waals surface area contributed by atoms with Gasteiger partial charge in [0.25, 0.3) is 0 Å². The van der Waals surface area contributed by atoms with Crippen molar-refractivity contribution in [1.29, 1.82) is 0 Å². The molecule has 0 amide bonds. The minimum Gasteiger partial charge on any atom is -0.363 e. The van der Waals surface area contributed by atoms with Crippen LogP contribution in [0.3, 0.4) is 0 Å². The molecule has 0 aliphatic heterocycles. The zero-order valence-corrected chi connectivity index (χ0v) is 22.2. The van der Waals surface area contributed by atoms with E-state index in [2.05, 4.69) is 118 Å². The van der Waals surface area contributed by atoms with E-state index in [0.717, 1.165) is 66.2 Å². The van der Waals surface area contributed by atoms with Crippen LogP contribution in [-0.2, 0) is 13.0 Å². The topological polar surface area (TPSA) is 42.7 Å². The number of hydrogen-bond donors (Lipinski definition) is 1. The van der Waals surface area contributed by atoms with E-state index in [-0.39, 0.29) is 11.0 Å². The second kappa shape index (κ2) is 10.2. The summed E-state index contributed by atoms with van der Waals surface area (Å²) >= 11 is 0. The van der Waals surface area contributed by atoms with Gasteiger partial charge in [-0.15, -0.1) is 0 Å². The first-order valence-electron chi connectivity index (χ1n) is 12.9. The molecule has 0 unspecified atom stereocenters. The Morgan fingerprint density at radius 2 is 1.51 bits per heavy atom. The average Bonchev–Trinajstić information content (AvgIpc) is 3.14. The van der Waals surface area contributed by atoms with Gasteiger partial charge in [0.05, 0.1) is 11.2 Å². The monoisotopic (exact) mass is 468 g/mol. The number of pyridine rings is 1. The number of nitrogens with one attached hydrogen (secondary N) is 1. The maximum atomic E-state index is 5.20. The number of nitrogens with zero attached hydrogens (tertiary/aromatic N) is 3. The van der Waals surface area contributed by atoms with Crippen LogP contribution in [0.5, 0.6) is 0 Å². The highest BCUT2D eigenvalue weighted by Crippen LogP contribution is 2.34. The summed E-state index contributed by atoms with van der Waals surface area (Å²) in [5.74, 6) is 2.01. The van der Waals surface area contributed by atoms with E-state index in [1.54, 1.807) is 0 Å². The number of unbranched alkanes of at least 4 members (excludes halogenated alkanes) is 1. The Balaban J connectivity index is 1.89. The lowest BCUT2D eigenvalue weighted by atomic mass is 9.82. The van der Waals surface area contributed by atoms with E-state index in [1.807, 2.05) is 0 Å². The van der Waals surface area contributed by atoms with E-state index >= 15 is 0 Å². The molecular formula is C31H40N4. The number of imidazole rings is 1. The van der Waals surface area contributed by atoms with Crippen LogP contribution < -0.4 is 5.32 Å². The van der Waals surface area contributed by atoms with Gasteiger partial charge in [-0.3, -0.25) is 0 Å². The minimum atomic E-state index is -0.125. The highest BCUT2D eigenvalue weighted by Gasteiger charge is 2.27. The molecule has 35 heavy (non-hydrogen) atoms. The van der Waals surface area contributed by atoms with Crippen LogP contribution >= 0.6 is 0 Å². The standard InChI is InChI=1S/C31H40N4/c1-7-8-19-27-33-28-26(35(27)21-23-15-11-9-12-16-23)20-25(24-17-13-10-14-18-24)32-29(28)34-31(5,6)22-30(2,3)4/h9-18,20H,7-8,19,21-22H2,1-6H3,(H,32,34). The fraction of sp³-hybridized carbons (Fsp3) is 0.419. The van der Waals surface area contributed by atoms with Gasteiger partial charge in [0.2, 0.25) is 0 Å². The van der Waals surface area contributed by atoms with E-state index in [1.165, 1.54) is 5.56 Å². The molecule has 0 spiro atoms. The van der Waals surface area contributed by atoms with Crippen molar-refractivity contribution in [2.24, 2.45) is 5.41 Å². The third-order valence-corrected chi connectivity index (χ3v) is 6.25. The van der Waals surface area contributed by atoms with Gasteiger partial charge in [-0.25, -0.2) is 9.97 Å². The number of benzene rings is 2. The van der Waals surface area contributed by atoms with Gasteiger partial charge in [-0.2, -0.15) is 0 Å². The Morgan fingerprint density at radius 1 is 0.857 bits per heavy atom. The maximum absolute atomic E-state index is 5.20. The number of aromatic nitrogens is 3. The molecule has 4 nitrogen and oxygen atoms in total. The highest BCUT2D eigenvalue weighted by atomic mass is 15.1.